The van der Waals surface area contributed by atoms with Gasteiger partial charge in [0.2, 0.25) is 5.89 Å². The second-order valence-electron chi connectivity index (χ2n) is 6.54. The molecule has 0 saturated carbocycles. The van der Waals surface area contributed by atoms with Crippen LogP contribution in [0.4, 0.5) is 0 Å². The van der Waals surface area contributed by atoms with Crippen molar-refractivity contribution in [1.29, 1.82) is 0 Å². The summed E-state index contributed by atoms with van der Waals surface area (Å²) in [5, 5.41) is 0.687. The lowest BCUT2D eigenvalue weighted by Crippen LogP contribution is -2.45. The van der Waals surface area contributed by atoms with Crippen molar-refractivity contribution in [2.45, 2.75) is 13.5 Å². The molecule has 1 aliphatic heterocycles. The molecular formula is C20H22ClN3O. The van der Waals surface area contributed by atoms with Gasteiger partial charge in [-0.2, -0.15) is 0 Å². The van der Waals surface area contributed by atoms with E-state index in [1.165, 1.54) is 5.56 Å². The summed E-state index contributed by atoms with van der Waals surface area (Å²) in [6, 6.07) is 13.9. The molecule has 0 atom stereocenters. The van der Waals surface area contributed by atoms with Gasteiger partial charge in [0.15, 0.2) is 5.58 Å². The van der Waals surface area contributed by atoms with Crippen molar-refractivity contribution in [1.82, 2.24) is 14.8 Å². The van der Waals surface area contributed by atoms with Crippen molar-refractivity contribution in [2.75, 3.05) is 32.7 Å². The molecule has 4 rings (SSSR count). The van der Waals surface area contributed by atoms with E-state index in [0.29, 0.717) is 10.9 Å². The molecule has 25 heavy (non-hydrogen) atoms. The third-order valence-corrected chi connectivity index (χ3v) is 5.08. The SMILES string of the molecule is CCN1CCN(Cc2ccc3oc(-c4cccc(Cl)c4)nc3c2)CC1. The number of nitrogens with zero attached hydrogens (tertiary/aromatic N) is 3. The van der Waals surface area contributed by atoms with Gasteiger partial charge in [-0.25, -0.2) is 4.98 Å². The minimum Gasteiger partial charge on any atom is -0.436 e. The zero-order chi connectivity index (χ0) is 17.2. The molecule has 0 bridgehead atoms. The van der Waals surface area contributed by atoms with Gasteiger partial charge in [0, 0.05) is 43.3 Å². The number of hydrogen-bond acceptors (Lipinski definition) is 4. The molecule has 2 heterocycles. The first kappa shape index (κ1) is 16.6. The van der Waals surface area contributed by atoms with Crippen LogP contribution in [0.3, 0.4) is 0 Å². The van der Waals surface area contributed by atoms with Crippen LogP contribution >= 0.6 is 11.6 Å². The standard InChI is InChI=1S/C20H22ClN3O/c1-2-23-8-10-24(11-9-23)14-15-6-7-19-18(12-15)22-20(25-19)16-4-3-5-17(21)13-16/h3-7,12-13H,2,8-11,14H2,1H3. The number of halogens is 1. The fourth-order valence-corrected chi connectivity index (χ4v) is 3.53. The minimum absolute atomic E-state index is 0.617. The number of aromatic nitrogens is 1. The van der Waals surface area contributed by atoms with E-state index in [1.54, 1.807) is 0 Å². The molecule has 0 amide bonds. The Bertz CT molecular complexity index is 868. The smallest absolute Gasteiger partial charge is 0.227 e. The van der Waals surface area contributed by atoms with Crippen molar-refractivity contribution < 1.29 is 4.42 Å². The van der Waals surface area contributed by atoms with Crippen molar-refractivity contribution in [3.63, 3.8) is 0 Å². The highest BCUT2D eigenvalue weighted by molar-refractivity contribution is 6.30. The van der Waals surface area contributed by atoms with Crippen LogP contribution in [0.15, 0.2) is 46.9 Å². The van der Waals surface area contributed by atoms with Gasteiger partial charge in [0.25, 0.3) is 0 Å². The lowest BCUT2D eigenvalue weighted by atomic mass is 10.2. The molecule has 1 saturated heterocycles. The van der Waals surface area contributed by atoms with Gasteiger partial charge in [-0.15, -0.1) is 0 Å². The Kier molecular flexibility index (Phi) is 4.75. The van der Waals surface area contributed by atoms with E-state index in [2.05, 4.69) is 33.8 Å². The third kappa shape index (κ3) is 3.71. The van der Waals surface area contributed by atoms with E-state index in [4.69, 9.17) is 16.0 Å². The summed E-state index contributed by atoms with van der Waals surface area (Å²) in [6.45, 7) is 8.89. The lowest BCUT2D eigenvalue weighted by molar-refractivity contribution is 0.132. The maximum atomic E-state index is 6.07. The average molecular weight is 356 g/mol. The molecule has 2 aromatic carbocycles. The topological polar surface area (TPSA) is 32.5 Å². The zero-order valence-corrected chi connectivity index (χ0v) is 15.2. The van der Waals surface area contributed by atoms with Crippen LogP contribution in [-0.2, 0) is 6.54 Å². The number of piperazine rings is 1. The lowest BCUT2D eigenvalue weighted by Gasteiger charge is -2.34. The van der Waals surface area contributed by atoms with E-state index in [0.717, 1.165) is 55.9 Å². The Balaban J connectivity index is 1.52. The third-order valence-electron chi connectivity index (χ3n) is 4.84. The highest BCUT2D eigenvalue weighted by Gasteiger charge is 2.16. The van der Waals surface area contributed by atoms with Crippen molar-refractivity contribution in [3.8, 4) is 11.5 Å². The molecule has 0 spiro atoms. The molecule has 130 valence electrons. The quantitative estimate of drug-likeness (QED) is 0.699. The predicted molar refractivity (Wildman–Crippen MR) is 102 cm³/mol. The highest BCUT2D eigenvalue weighted by atomic mass is 35.5. The Morgan fingerprint density at radius 2 is 1.84 bits per heavy atom. The summed E-state index contributed by atoms with van der Waals surface area (Å²) < 4.78 is 5.89. The Morgan fingerprint density at radius 1 is 1.04 bits per heavy atom. The molecule has 0 aliphatic carbocycles. The summed E-state index contributed by atoms with van der Waals surface area (Å²) in [7, 11) is 0. The van der Waals surface area contributed by atoms with E-state index in [1.807, 2.05) is 30.3 Å². The Labute approximate surface area is 153 Å². The van der Waals surface area contributed by atoms with Gasteiger partial charge in [0.05, 0.1) is 0 Å². The van der Waals surface area contributed by atoms with Crippen LogP contribution in [0, 0.1) is 0 Å². The fourth-order valence-electron chi connectivity index (χ4n) is 3.34. The number of oxazole rings is 1. The van der Waals surface area contributed by atoms with E-state index in [9.17, 15) is 0 Å². The molecule has 0 unspecified atom stereocenters. The highest BCUT2D eigenvalue weighted by Crippen LogP contribution is 2.27. The van der Waals surface area contributed by atoms with Gasteiger partial charge < -0.3 is 9.32 Å². The first-order valence-electron chi connectivity index (χ1n) is 8.81. The van der Waals surface area contributed by atoms with Crippen LogP contribution < -0.4 is 0 Å². The number of fused-ring (bicyclic) bond motifs is 1. The number of hydrogen-bond donors (Lipinski definition) is 0. The first-order chi connectivity index (χ1) is 12.2. The number of rotatable bonds is 4. The molecule has 1 fully saturated rings. The van der Waals surface area contributed by atoms with Crippen LogP contribution in [0.2, 0.25) is 5.02 Å². The van der Waals surface area contributed by atoms with Gasteiger partial charge in [0.1, 0.15) is 5.52 Å². The summed E-state index contributed by atoms with van der Waals surface area (Å²) in [4.78, 5) is 9.65. The monoisotopic (exact) mass is 355 g/mol. The molecule has 1 aliphatic rings. The maximum Gasteiger partial charge on any atom is 0.227 e. The average Bonchev–Trinajstić information content (AvgIpc) is 3.06. The maximum absolute atomic E-state index is 6.07. The molecule has 3 aromatic rings. The predicted octanol–water partition coefficient (Wildman–Crippen LogP) is 4.29. The largest absolute Gasteiger partial charge is 0.436 e. The zero-order valence-electron chi connectivity index (χ0n) is 14.4. The summed E-state index contributed by atoms with van der Waals surface area (Å²) in [5.74, 6) is 0.617. The summed E-state index contributed by atoms with van der Waals surface area (Å²) in [6.07, 6.45) is 0. The van der Waals surface area contributed by atoms with Crippen LogP contribution in [-0.4, -0.2) is 47.5 Å². The summed E-state index contributed by atoms with van der Waals surface area (Å²) >= 11 is 6.07. The van der Waals surface area contributed by atoms with Gasteiger partial charge >= 0.3 is 0 Å². The van der Waals surface area contributed by atoms with Gasteiger partial charge in [-0.3, -0.25) is 4.90 Å². The van der Waals surface area contributed by atoms with Crippen molar-refractivity contribution in [3.05, 3.63) is 53.1 Å². The number of benzene rings is 2. The normalized spacial score (nSPS) is 16.6. The van der Waals surface area contributed by atoms with Gasteiger partial charge in [-0.05, 0) is 42.4 Å². The second kappa shape index (κ2) is 7.16. The first-order valence-corrected chi connectivity index (χ1v) is 9.19. The Hall–Kier alpha value is -1.88. The molecule has 4 nitrogen and oxygen atoms in total. The molecular weight excluding hydrogens is 334 g/mol. The summed E-state index contributed by atoms with van der Waals surface area (Å²) in [5.41, 5.74) is 3.90. The van der Waals surface area contributed by atoms with Crippen molar-refractivity contribution in [2.24, 2.45) is 0 Å². The van der Waals surface area contributed by atoms with Crippen LogP contribution in [0.25, 0.3) is 22.6 Å². The van der Waals surface area contributed by atoms with E-state index in [-0.39, 0.29) is 0 Å². The second-order valence-corrected chi connectivity index (χ2v) is 6.98. The van der Waals surface area contributed by atoms with Gasteiger partial charge in [-0.1, -0.05) is 30.7 Å². The Morgan fingerprint density at radius 3 is 2.60 bits per heavy atom. The molecule has 0 radical (unpaired) electrons. The molecule has 1 aromatic heterocycles. The number of likely N-dealkylation sites (N-methyl/N-ethyl adjacent to an activating group) is 1. The van der Waals surface area contributed by atoms with E-state index < -0.39 is 0 Å². The fraction of sp³-hybridized carbons (Fsp3) is 0.350. The van der Waals surface area contributed by atoms with Crippen LogP contribution in [0.1, 0.15) is 12.5 Å². The van der Waals surface area contributed by atoms with E-state index >= 15 is 0 Å². The molecule has 5 heteroatoms. The van der Waals surface area contributed by atoms with Crippen molar-refractivity contribution >= 4 is 22.7 Å². The van der Waals surface area contributed by atoms with Crippen LogP contribution in [0.5, 0.6) is 0 Å². The molecule has 0 N–H and O–H groups in total. The minimum atomic E-state index is 0.617.